The van der Waals surface area contributed by atoms with Crippen molar-refractivity contribution in [2.75, 3.05) is 23.7 Å². The predicted octanol–water partition coefficient (Wildman–Crippen LogP) is 2.80. The van der Waals surface area contributed by atoms with Crippen molar-refractivity contribution in [1.29, 1.82) is 0 Å². The van der Waals surface area contributed by atoms with Crippen molar-refractivity contribution in [2.45, 2.75) is 32.7 Å². The highest BCUT2D eigenvalue weighted by Gasteiger charge is 2.31. The Morgan fingerprint density at radius 1 is 1.23 bits per heavy atom. The van der Waals surface area contributed by atoms with E-state index in [9.17, 15) is 9.59 Å². The standard InChI is InChI=1S/C19H22N4O2S/c1-12-2-6-14(7-3-12)20-17(24)11-23-9-8-15-16(10-23)26-19(21-15)22-18(25)13-4-5-13/h2-3,6-7,13H,4-5,8-11H2,1H3,(H,20,24)(H,21,22,25). The highest BCUT2D eigenvalue weighted by atomic mass is 32.1. The summed E-state index contributed by atoms with van der Waals surface area (Å²) in [7, 11) is 0. The number of hydrogen-bond donors (Lipinski definition) is 2. The summed E-state index contributed by atoms with van der Waals surface area (Å²) in [6.45, 7) is 3.88. The second kappa shape index (κ2) is 7.17. The van der Waals surface area contributed by atoms with Gasteiger partial charge in [0.1, 0.15) is 0 Å². The molecule has 1 fully saturated rings. The number of fused-ring (bicyclic) bond motifs is 1. The summed E-state index contributed by atoms with van der Waals surface area (Å²) >= 11 is 1.53. The summed E-state index contributed by atoms with van der Waals surface area (Å²) in [5.41, 5.74) is 3.04. The molecule has 1 aromatic carbocycles. The average Bonchev–Trinajstić information content (AvgIpc) is 3.38. The van der Waals surface area contributed by atoms with Gasteiger partial charge in [0.25, 0.3) is 0 Å². The zero-order valence-corrected chi connectivity index (χ0v) is 15.6. The smallest absolute Gasteiger partial charge is 0.238 e. The number of rotatable bonds is 5. The van der Waals surface area contributed by atoms with Gasteiger partial charge in [-0.05, 0) is 31.9 Å². The van der Waals surface area contributed by atoms with Gasteiger partial charge >= 0.3 is 0 Å². The zero-order valence-electron chi connectivity index (χ0n) is 14.7. The van der Waals surface area contributed by atoms with E-state index in [1.165, 1.54) is 16.9 Å². The Bertz CT molecular complexity index is 827. The molecule has 0 bridgehead atoms. The van der Waals surface area contributed by atoms with E-state index in [4.69, 9.17) is 0 Å². The molecule has 0 spiro atoms. The number of carbonyl (C=O) groups excluding carboxylic acids is 2. The predicted molar refractivity (Wildman–Crippen MR) is 102 cm³/mol. The molecule has 1 aliphatic heterocycles. The third kappa shape index (κ3) is 4.11. The van der Waals surface area contributed by atoms with Gasteiger partial charge in [-0.25, -0.2) is 4.98 Å². The Morgan fingerprint density at radius 2 is 2.00 bits per heavy atom. The van der Waals surface area contributed by atoms with Gasteiger partial charge in [0.15, 0.2) is 5.13 Å². The molecule has 0 unspecified atom stereocenters. The first-order chi connectivity index (χ1) is 12.6. The lowest BCUT2D eigenvalue weighted by Crippen LogP contribution is -2.36. The molecule has 2 aromatic rings. The van der Waals surface area contributed by atoms with Gasteiger partial charge in [-0.1, -0.05) is 17.7 Å². The molecular formula is C19H22N4O2S. The number of amides is 2. The molecule has 136 valence electrons. The van der Waals surface area contributed by atoms with Crippen LogP contribution in [0.4, 0.5) is 10.8 Å². The van der Waals surface area contributed by atoms with Crippen molar-refractivity contribution in [2.24, 2.45) is 5.92 Å². The van der Waals surface area contributed by atoms with Crippen LogP contribution >= 0.6 is 11.3 Å². The molecule has 4 rings (SSSR count). The fourth-order valence-corrected chi connectivity index (χ4v) is 4.08. The van der Waals surface area contributed by atoms with Crippen LogP contribution < -0.4 is 10.6 Å². The largest absolute Gasteiger partial charge is 0.325 e. The topological polar surface area (TPSA) is 74.3 Å². The molecule has 7 heteroatoms. The summed E-state index contributed by atoms with van der Waals surface area (Å²) in [4.78, 5) is 32.0. The second-order valence-electron chi connectivity index (χ2n) is 7.03. The number of anilines is 2. The minimum atomic E-state index is -0.0101. The first-order valence-corrected chi connectivity index (χ1v) is 9.77. The maximum absolute atomic E-state index is 12.3. The number of hydrogen-bond acceptors (Lipinski definition) is 5. The molecule has 2 N–H and O–H groups in total. The fourth-order valence-electron chi connectivity index (χ4n) is 3.03. The molecule has 1 saturated carbocycles. The van der Waals surface area contributed by atoms with Crippen LogP contribution in [0.3, 0.4) is 0 Å². The first kappa shape index (κ1) is 17.2. The maximum Gasteiger partial charge on any atom is 0.238 e. The van der Waals surface area contributed by atoms with Gasteiger partial charge in [-0.2, -0.15) is 0 Å². The van der Waals surface area contributed by atoms with Crippen molar-refractivity contribution in [3.05, 3.63) is 40.4 Å². The van der Waals surface area contributed by atoms with E-state index in [-0.39, 0.29) is 17.7 Å². The molecule has 2 heterocycles. The number of thiazole rings is 1. The normalized spacial score (nSPS) is 16.8. The summed E-state index contributed by atoms with van der Waals surface area (Å²) in [5.74, 6) is 0.257. The van der Waals surface area contributed by atoms with E-state index in [1.807, 2.05) is 31.2 Å². The third-order valence-electron chi connectivity index (χ3n) is 4.69. The van der Waals surface area contributed by atoms with Gasteiger partial charge in [0, 0.05) is 36.0 Å². The summed E-state index contributed by atoms with van der Waals surface area (Å²) < 4.78 is 0. The number of nitrogens with one attached hydrogen (secondary N) is 2. The van der Waals surface area contributed by atoms with Gasteiger partial charge in [-0.15, -0.1) is 11.3 Å². The van der Waals surface area contributed by atoms with E-state index in [1.54, 1.807) is 0 Å². The average molecular weight is 370 g/mol. The monoisotopic (exact) mass is 370 g/mol. The third-order valence-corrected chi connectivity index (χ3v) is 5.69. The highest BCUT2D eigenvalue weighted by molar-refractivity contribution is 7.15. The molecule has 26 heavy (non-hydrogen) atoms. The molecule has 0 saturated heterocycles. The lowest BCUT2D eigenvalue weighted by atomic mass is 10.2. The Morgan fingerprint density at radius 3 is 2.73 bits per heavy atom. The molecule has 6 nitrogen and oxygen atoms in total. The Balaban J connectivity index is 1.32. The lowest BCUT2D eigenvalue weighted by molar-refractivity contribution is -0.118. The molecule has 2 aliphatic rings. The highest BCUT2D eigenvalue weighted by Crippen LogP contribution is 2.32. The van der Waals surface area contributed by atoms with Crippen LogP contribution in [0, 0.1) is 12.8 Å². The Hall–Kier alpha value is -2.25. The molecule has 1 aliphatic carbocycles. The number of nitrogens with zero attached hydrogens (tertiary/aromatic N) is 2. The van der Waals surface area contributed by atoms with E-state index in [0.717, 1.165) is 42.1 Å². The Labute approximate surface area is 156 Å². The minimum absolute atomic E-state index is 0.0101. The summed E-state index contributed by atoms with van der Waals surface area (Å²) in [6, 6.07) is 7.80. The van der Waals surface area contributed by atoms with Crippen LogP contribution in [-0.4, -0.2) is 34.8 Å². The van der Waals surface area contributed by atoms with Gasteiger partial charge in [0.2, 0.25) is 11.8 Å². The fraction of sp³-hybridized carbons (Fsp3) is 0.421. The SMILES string of the molecule is Cc1ccc(NC(=O)CN2CCc3nc(NC(=O)C4CC4)sc3C2)cc1. The van der Waals surface area contributed by atoms with E-state index in [0.29, 0.717) is 18.2 Å². The van der Waals surface area contributed by atoms with Crippen molar-refractivity contribution in [3.8, 4) is 0 Å². The summed E-state index contributed by atoms with van der Waals surface area (Å²) in [5, 5.41) is 6.56. The molecule has 2 amide bonds. The van der Waals surface area contributed by atoms with Crippen LogP contribution in [-0.2, 0) is 22.6 Å². The molecular weight excluding hydrogens is 348 g/mol. The van der Waals surface area contributed by atoms with Gasteiger partial charge in [-0.3, -0.25) is 14.5 Å². The van der Waals surface area contributed by atoms with Crippen LogP contribution in [0.1, 0.15) is 29.0 Å². The minimum Gasteiger partial charge on any atom is -0.325 e. The second-order valence-corrected chi connectivity index (χ2v) is 8.11. The van der Waals surface area contributed by atoms with Crippen molar-refractivity contribution in [1.82, 2.24) is 9.88 Å². The molecule has 0 atom stereocenters. The van der Waals surface area contributed by atoms with Crippen LogP contribution in [0.5, 0.6) is 0 Å². The number of aryl methyl sites for hydroxylation is 1. The number of aromatic nitrogens is 1. The molecule has 0 radical (unpaired) electrons. The van der Waals surface area contributed by atoms with E-state index >= 15 is 0 Å². The van der Waals surface area contributed by atoms with E-state index in [2.05, 4.69) is 20.5 Å². The van der Waals surface area contributed by atoms with Gasteiger partial charge < -0.3 is 10.6 Å². The maximum atomic E-state index is 12.3. The van der Waals surface area contributed by atoms with Crippen molar-refractivity contribution < 1.29 is 9.59 Å². The zero-order chi connectivity index (χ0) is 18.1. The van der Waals surface area contributed by atoms with Crippen molar-refractivity contribution in [3.63, 3.8) is 0 Å². The van der Waals surface area contributed by atoms with Crippen molar-refractivity contribution >= 4 is 34.0 Å². The number of benzene rings is 1. The van der Waals surface area contributed by atoms with Gasteiger partial charge in [0.05, 0.1) is 12.2 Å². The quantitative estimate of drug-likeness (QED) is 0.849. The first-order valence-electron chi connectivity index (χ1n) is 8.95. The lowest BCUT2D eigenvalue weighted by Gasteiger charge is -2.25. The van der Waals surface area contributed by atoms with Crippen LogP contribution in [0.15, 0.2) is 24.3 Å². The van der Waals surface area contributed by atoms with Crippen LogP contribution in [0.25, 0.3) is 0 Å². The summed E-state index contributed by atoms with van der Waals surface area (Å²) in [6.07, 6.45) is 2.78. The van der Waals surface area contributed by atoms with Crippen LogP contribution in [0.2, 0.25) is 0 Å². The van der Waals surface area contributed by atoms with E-state index < -0.39 is 0 Å². The molecule has 1 aromatic heterocycles. The Kier molecular flexibility index (Phi) is 4.74. The number of carbonyl (C=O) groups is 2.